The number of halogens is 1. The Bertz CT molecular complexity index is 757. The van der Waals surface area contributed by atoms with Crippen LogP contribution in [-0.4, -0.2) is 44.0 Å². The van der Waals surface area contributed by atoms with Crippen molar-refractivity contribution in [3.8, 4) is 5.69 Å². The van der Waals surface area contributed by atoms with Crippen LogP contribution >= 0.6 is 23.4 Å². The van der Waals surface area contributed by atoms with Gasteiger partial charge in [0.1, 0.15) is 11.5 Å². The average molecular weight is 379 g/mol. The lowest BCUT2D eigenvalue weighted by Crippen LogP contribution is -2.31. The second-order valence-electron chi connectivity index (χ2n) is 5.79. The van der Waals surface area contributed by atoms with Gasteiger partial charge in [0.25, 0.3) is 0 Å². The van der Waals surface area contributed by atoms with Crippen molar-refractivity contribution < 1.29 is 9.59 Å². The molecule has 0 aliphatic heterocycles. The van der Waals surface area contributed by atoms with E-state index >= 15 is 0 Å². The van der Waals surface area contributed by atoms with Gasteiger partial charge in [-0.05, 0) is 19.1 Å². The number of Topliss-reactive ketones (excluding diaryl/α,β-unsaturated/α-hetero) is 1. The van der Waals surface area contributed by atoms with Crippen molar-refractivity contribution >= 4 is 40.7 Å². The number of ketones is 1. The average Bonchev–Trinajstić information content (AvgIpc) is 2.96. The number of hydrogen-bond acceptors (Lipinski definition) is 5. The molecule has 1 aliphatic rings. The van der Waals surface area contributed by atoms with Crippen molar-refractivity contribution in [2.45, 2.75) is 31.4 Å². The maximum absolute atomic E-state index is 12.6. The van der Waals surface area contributed by atoms with Gasteiger partial charge in [-0.25, -0.2) is 4.68 Å². The molecule has 1 amide bonds. The third kappa shape index (κ3) is 4.22. The molecule has 0 spiro atoms. The van der Waals surface area contributed by atoms with Crippen LogP contribution in [-0.2, 0) is 9.59 Å². The fourth-order valence-electron chi connectivity index (χ4n) is 2.64. The number of anilines is 1. The van der Waals surface area contributed by atoms with Crippen LogP contribution in [0.1, 0.15) is 26.2 Å². The standard InChI is InChI=1S/C17H19ClN4O2S/c1-2-21(16(24)5-7-25-14-8-13(23)9-14)15-11-22(20-17(15)18)12-4-3-6-19-10-12/h3-4,6,10-11,14H,2,5,7-9H2,1H3. The van der Waals surface area contributed by atoms with Gasteiger partial charge in [0.15, 0.2) is 5.15 Å². The molecule has 1 saturated carbocycles. The summed E-state index contributed by atoms with van der Waals surface area (Å²) in [6.07, 6.45) is 6.81. The van der Waals surface area contributed by atoms with Crippen molar-refractivity contribution in [2.75, 3.05) is 17.2 Å². The SMILES string of the molecule is CCN(C(=O)CCSC1CC(=O)C1)c1cn(-c2cccnc2)nc1Cl. The lowest BCUT2D eigenvalue weighted by Gasteiger charge is -2.24. The second-order valence-corrected chi connectivity index (χ2v) is 7.55. The molecule has 2 heterocycles. The number of carbonyl (C=O) groups excluding carboxylic acids is 2. The predicted octanol–water partition coefficient (Wildman–Crippen LogP) is 3.13. The maximum Gasteiger partial charge on any atom is 0.227 e. The molecule has 6 nitrogen and oxygen atoms in total. The number of aromatic nitrogens is 3. The molecule has 0 radical (unpaired) electrons. The number of hydrogen-bond donors (Lipinski definition) is 0. The van der Waals surface area contributed by atoms with Crippen molar-refractivity contribution in [1.82, 2.24) is 14.8 Å². The van der Waals surface area contributed by atoms with E-state index in [0.29, 0.717) is 48.3 Å². The quantitative estimate of drug-likeness (QED) is 0.740. The summed E-state index contributed by atoms with van der Waals surface area (Å²) in [7, 11) is 0. The minimum Gasteiger partial charge on any atom is -0.308 e. The molecular weight excluding hydrogens is 360 g/mol. The number of nitrogens with zero attached hydrogens (tertiary/aromatic N) is 4. The first-order chi connectivity index (χ1) is 12.1. The van der Waals surface area contributed by atoms with E-state index in [2.05, 4.69) is 10.1 Å². The third-order valence-corrected chi connectivity index (χ3v) is 5.56. The Morgan fingerprint density at radius 1 is 1.48 bits per heavy atom. The molecule has 2 aromatic heterocycles. The molecule has 1 aliphatic carbocycles. The van der Waals surface area contributed by atoms with Crippen LogP contribution in [0.3, 0.4) is 0 Å². The molecule has 132 valence electrons. The summed E-state index contributed by atoms with van der Waals surface area (Å²) in [6, 6.07) is 3.69. The number of thioether (sulfide) groups is 1. The zero-order chi connectivity index (χ0) is 17.8. The van der Waals surface area contributed by atoms with Crippen LogP contribution in [0.25, 0.3) is 5.69 Å². The van der Waals surface area contributed by atoms with E-state index in [1.165, 1.54) is 0 Å². The van der Waals surface area contributed by atoms with Gasteiger partial charge in [0.05, 0.1) is 18.1 Å². The molecule has 25 heavy (non-hydrogen) atoms. The highest BCUT2D eigenvalue weighted by Crippen LogP contribution is 2.30. The fraction of sp³-hybridized carbons (Fsp3) is 0.412. The zero-order valence-electron chi connectivity index (χ0n) is 13.9. The Balaban J connectivity index is 1.64. The molecule has 1 fully saturated rings. The highest BCUT2D eigenvalue weighted by atomic mass is 35.5. The summed E-state index contributed by atoms with van der Waals surface area (Å²) in [5.41, 5.74) is 1.38. The van der Waals surface area contributed by atoms with E-state index in [9.17, 15) is 9.59 Å². The van der Waals surface area contributed by atoms with Gasteiger partial charge in [-0.15, -0.1) is 0 Å². The lowest BCUT2D eigenvalue weighted by atomic mass is 9.98. The van der Waals surface area contributed by atoms with Crippen molar-refractivity contribution in [3.63, 3.8) is 0 Å². The van der Waals surface area contributed by atoms with Crippen LogP contribution in [0.15, 0.2) is 30.7 Å². The Kier molecular flexibility index (Phi) is 5.75. The van der Waals surface area contributed by atoms with Gasteiger partial charge in [0, 0.05) is 43.0 Å². The molecule has 3 rings (SSSR count). The summed E-state index contributed by atoms with van der Waals surface area (Å²) in [5.74, 6) is 1.03. The summed E-state index contributed by atoms with van der Waals surface area (Å²) in [6.45, 7) is 2.43. The predicted molar refractivity (Wildman–Crippen MR) is 99.5 cm³/mol. The summed E-state index contributed by atoms with van der Waals surface area (Å²) in [5, 5.41) is 4.95. The van der Waals surface area contributed by atoms with E-state index in [4.69, 9.17) is 11.6 Å². The molecular formula is C17H19ClN4O2S. The van der Waals surface area contributed by atoms with Crippen LogP contribution in [0, 0.1) is 0 Å². The van der Waals surface area contributed by atoms with Crippen molar-refractivity contribution in [3.05, 3.63) is 35.9 Å². The van der Waals surface area contributed by atoms with Crippen LogP contribution in [0.4, 0.5) is 5.69 Å². The van der Waals surface area contributed by atoms with E-state index < -0.39 is 0 Å². The molecule has 0 unspecified atom stereocenters. The van der Waals surface area contributed by atoms with Crippen LogP contribution in [0.2, 0.25) is 5.15 Å². The Morgan fingerprint density at radius 3 is 2.92 bits per heavy atom. The smallest absolute Gasteiger partial charge is 0.227 e. The maximum atomic E-state index is 12.6. The minimum atomic E-state index is 0.00767. The van der Waals surface area contributed by atoms with Gasteiger partial charge < -0.3 is 4.90 Å². The summed E-state index contributed by atoms with van der Waals surface area (Å²) in [4.78, 5) is 29.3. The number of amides is 1. The zero-order valence-corrected chi connectivity index (χ0v) is 15.5. The highest BCUT2D eigenvalue weighted by molar-refractivity contribution is 8.00. The molecule has 2 aromatic rings. The normalized spacial score (nSPS) is 14.4. The second kappa shape index (κ2) is 8.01. The summed E-state index contributed by atoms with van der Waals surface area (Å²) >= 11 is 7.95. The Labute approximate surface area is 155 Å². The van der Waals surface area contributed by atoms with Crippen LogP contribution < -0.4 is 4.90 Å². The molecule has 0 aromatic carbocycles. The lowest BCUT2D eigenvalue weighted by molar-refractivity contribution is -0.123. The number of pyridine rings is 1. The number of carbonyl (C=O) groups is 2. The molecule has 0 bridgehead atoms. The van der Waals surface area contributed by atoms with Gasteiger partial charge in [-0.2, -0.15) is 16.9 Å². The molecule has 0 N–H and O–H groups in total. The molecule has 0 saturated heterocycles. The minimum absolute atomic E-state index is 0.00767. The highest BCUT2D eigenvalue weighted by Gasteiger charge is 2.27. The first-order valence-electron chi connectivity index (χ1n) is 8.17. The third-order valence-electron chi connectivity index (χ3n) is 4.05. The van der Waals surface area contributed by atoms with Gasteiger partial charge in [-0.3, -0.25) is 14.6 Å². The van der Waals surface area contributed by atoms with E-state index in [0.717, 1.165) is 5.69 Å². The largest absolute Gasteiger partial charge is 0.308 e. The summed E-state index contributed by atoms with van der Waals surface area (Å²) < 4.78 is 1.62. The monoisotopic (exact) mass is 378 g/mol. The molecule has 0 atom stereocenters. The van der Waals surface area contributed by atoms with Gasteiger partial charge in [-0.1, -0.05) is 11.6 Å². The fourth-order valence-corrected chi connectivity index (χ4v) is 4.11. The Morgan fingerprint density at radius 2 is 2.28 bits per heavy atom. The van der Waals surface area contributed by atoms with Gasteiger partial charge >= 0.3 is 0 Å². The van der Waals surface area contributed by atoms with E-state index in [-0.39, 0.29) is 11.1 Å². The van der Waals surface area contributed by atoms with Gasteiger partial charge in [0.2, 0.25) is 5.91 Å². The Hall–Kier alpha value is -1.86. The molecule has 8 heteroatoms. The van der Waals surface area contributed by atoms with Crippen molar-refractivity contribution in [1.29, 1.82) is 0 Å². The van der Waals surface area contributed by atoms with Crippen LogP contribution in [0.5, 0.6) is 0 Å². The number of rotatable bonds is 7. The van der Waals surface area contributed by atoms with E-state index in [1.807, 2.05) is 19.1 Å². The first-order valence-corrected chi connectivity index (χ1v) is 9.60. The van der Waals surface area contributed by atoms with E-state index in [1.54, 1.807) is 39.9 Å². The van der Waals surface area contributed by atoms with Crippen molar-refractivity contribution in [2.24, 2.45) is 0 Å². The topological polar surface area (TPSA) is 68.1 Å². The first kappa shape index (κ1) is 17.9.